The van der Waals surface area contributed by atoms with Crippen LogP contribution in [0.25, 0.3) is 0 Å². The van der Waals surface area contributed by atoms with Gasteiger partial charge < -0.3 is 4.43 Å². The normalized spacial score (nSPS) is 16.4. The molecule has 0 unspecified atom stereocenters. The molecule has 0 aliphatic carbocycles. The molecule has 1 radical (unpaired) electrons. The van der Waals surface area contributed by atoms with Gasteiger partial charge in [-0.25, -0.2) is 5.11 Å². The van der Waals surface area contributed by atoms with Gasteiger partial charge in [0.25, 0.3) is 0 Å². The van der Waals surface area contributed by atoms with E-state index in [1.165, 1.54) is 0 Å². The van der Waals surface area contributed by atoms with Crippen molar-refractivity contribution >= 4 is 8.32 Å². The zero-order valence-electron chi connectivity index (χ0n) is 17.8. The topological polar surface area (TPSA) is 29.1 Å². The van der Waals surface area contributed by atoms with Crippen LogP contribution in [0.5, 0.6) is 0 Å². The van der Waals surface area contributed by atoms with Crippen molar-refractivity contribution in [3.05, 3.63) is 0 Å². The van der Waals surface area contributed by atoms with Gasteiger partial charge in [-0.15, -0.1) is 0 Å². The second-order valence-corrected chi connectivity index (χ2v) is 12.3. The van der Waals surface area contributed by atoms with E-state index in [1.807, 2.05) is 0 Å². The summed E-state index contributed by atoms with van der Waals surface area (Å²) in [5.41, 5.74) is 0. The predicted molar refractivity (Wildman–Crippen MR) is 84.0 cm³/mol. The maximum absolute atomic E-state index is 13.8. The molecule has 0 heterocycles. The number of rotatable bonds is 13. The summed E-state index contributed by atoms with van der Waals surface area (Å²) in [5.74, 6) is -66.5. The molecule has 223 valence electrons. The summed E-state index contributed by atoms with van der Waals surface area (Å²) in [7, 11) is -3.65. The average molecular weight is 615 g/mol. The van der Waals surface area contributed by atoms with E-state index in [0.29, 0.717) is 0 Å². The third-order valence-electron chi connectivity index (χ3n) is 4.80. The van der Waals surface area contributed by atoms with E-state index in [0.717, 1.165) is 13.1 Å². The van der Waals surface area contributed by atoms with Gasteiger partial charge in [-0.05, 0) is 19.1 Å². The Morgan fingerprint density at radius 1 is 0.514 bits per heavy atom. The average Bonchev–Trinajstić information content (AvgIpc) is 2.69. The lowest BCUT2D eigenvalue weighted by atomic mass is 9.87. The molecule has 0 fully saturated rings. The fourth-order valence-corrected chi connectivity index (χ4v) is 4.09. The van der Waals surface area contributed by atoms with Gasteiger partial charge in [0.1, 0.15) is 6.61 Å². The summed E-state index contributed by atoms with van der Waals surface area (Å²) < 4.78 is 256. The highest BCUT2D eigenvalue weighted by molar-refractivity contribution is 6.71. The van der Waals surface area contributed by atoms with Crippen molar-refractivity contribution in [2.24, 2.45) is 0 Å². The Labute approximate surface area is 194 Å². The van der Waals surface area contributed by atoms with Crippen LogP contribution in [-0.2, 0) is 9.53 Å². The first-order valence-electron chi connectivity index (χ1n) is 9.08. The smallest absolute Gasteiger partial charge is 0.415 e. The lowest BCUT2D eigenvalue weighted by Crippen LogP contribution is -2.75. The molecule has 0 saturated carbocycles. The van der Waals surface area contributed by atoms with Crippen molar-refractivity contribution in [2.45, 2.75) is 79.1 Å². The number of alkyl halides is 19. The second-order valence-electron chi connectivity index (χ2n) is 8.04. The highest BCUT2D eigenvalue weighted by Gasteiger charge is 2.96. The zero-order valence-corrected chi connectivity index (χ0v) is 18.8. The lowest BCUT2D eigenvalue weighted by Gasteiger charge is -2.44. The molecule has 0 aromatic rings. The fourth-order valence-electron chi connectivity index (χ4n) is 2.40. The molecule has 37 heavy (non-hydrogen) atoms. The van der Waals surface area contributed by atoms with Crippen molar-refractivity contribution in [2.75, 3.05) is 13.2 Å². The molecule has 0 N–H and O–H groups in total. The Balaban J connectivity index is 6.62. The standard InChI is InChI=1S/C15H14F19O2Si/c1-37(2,36-5-4-35)6-3-7(16,17)8(18,19)9(20,21)10(22,23)11(24,25)12(26,27)13(28,29)14(30,31)15(32,33)34/h3-6H2,1-2H3. The summed E-state index contributed by atoms with van der Waals surface area (Å²) >= 11 is 0. The highest BCUT2D eigenvalue weighted by Crippen LogP contribution is 2.65. The van der Waals surface area contributed by atoms with E-state index in [2.05, 4.69) is 4.43 Å². The van der Waals surface area contributed by atoms with Crippen LogP contribution in [0.15, 0.2) is 0 Å². The van der Waals surface area contributed by atoms with Gasteiger partial charge in [0.05, 0.1) is 6.61 Å². The Hall–Kier alpha value is -1.19. The van der Waals surface area contributed by atoms with Gasteiger partial charge in [0, 0.05) is 6.42 Å². The first-order valence-corrected chi connectivity index (χ1v) is 12.2. The molecular formula is C15H14F19O2Si. The molecule has 0 aromatic carbocycles. The van der Waals surface area contributed by atoms with Gasteiger partial charge in [0.2, 0.25) is 0 Å². The van der Waals surface area contributed by atoms with Crippen LogP contribution in [0.3, 0.4) is 0 Å². The van der Waals surface area contributed by atoms with Crippen LogP contribution >= 0.6 is 0 Å². The minimum absolute atomic E-state index is 0.743. The van der Waals surface area contributed by atoms with Crippen LogP contribution in [0, 0.1) is 0 Å². The fraction of sp³-hybridized carbons (Fsp3) is 1.00. The first-order chi connectivity index (χ1) is 15.8. The van der Waals surface area contributed by atoms with E-state index in [1.54, 1.807) is 0 Å². The van der Waals surface area contributed by atoms with Gasteiger partial charge in [-0.2, -0.15) is 83.4 Å². The van der Waals surface area contributed by atoms with Crippen LogP contribution < -0.4 is 0 Å². The van der Waals surface area contributed by atoms with Crippen LogP contribution in [-0.4, -0.2) is 75.1 Å². The van der Waals surface area contributed by atoms with E-state index in [-0.39, 0.29) is 0 Å². The Morgan fingerprint density at radius 3 is 1.11 bits per heavy atom. The van der Waals surface area contributed by atoms with E-state index in [4.69, 9.17) is 0 Å². The summed E-state index contributed by atoms with van der Waals surface area (Å²) in [4.78, 5) is 0. The third-order valence-corrected chi connectivity index (χ3v) is 7.24. The lowest BCUT2D eigenvalue weighted by molar-refractivity contribution is -0.468. The summed E-state index contributed by atoms with van der Waals surface area (Å²) in [5, 5.41) is 10.3. The molecule has 0 amide bonds. The molecule has 0 spiro atoms. The highest BCUT2D eigenvalue weighted by atomic mass is 28.4. The monoisotopic (exact) mass is 615 g/mol. The largest absolute Gasteiger partial charge is 0.460 e. The molecule has 0 rings (SSSR count). The van der Waals surface area contributed by atoms with Crippen molar-refractivity contribution in [3.8, 4) is 0 Å². The minimum atomic E-state index is -8.92. The molecule has 22 heteroatoms. The number of halogens is 19. The predicted octanol–water partition coefficient (Wildman–Crippen LogP) is 7.67. The Kier molecular flexibility index (Phi) is 9.46. The first kappa shape index (κ1) is 35.8. The van der Waals surface area contributed by atoms with E-state index < -0.39 is 87.6 Å². The Morgan fingerprint density at radius 2 is 0.811 bits per heavy atom. The second kappa shape index (κ2) is 9.77. The minimum Gasteiger partial charge on any atom is -0.415 e. The molecule has 0 bridgehead atoms. The quantitative estimate of drug-likeness (QED) is 0.155. The molecule has 0 aliphatic rings. The Bertz CT molecular complexity index is 789. The number of hydrogen-bond donors (Lipinski definition) is 0. The molecule has 0 saturated heterocycles. The molecule has 0 atom stereocenters. The summed E-state index contributed by atoms with van der Waals surface area (Å²) in [6.07, 6.45) is -10.5. The summed E-state index contributed by atoms with van der Waals surface area (Å²) in [6.45, 7) is 0.00453. The zero-order chi connectivity index (χ0) is 30.5. The third kappa shape index (κ3) is 5.46. The van der Waals surface area contributed by atoms with Crippen LogP contribution in [0.1, 0.15) is 6.42 Å². The van der Waals surface area contributed by atoms with Crippen molar-refractivity contribution < 1.29 is 93.0 Å². The van der Waals surface area contributed by atoms with Crippen molar-refractivity contribution in [1.82, 2.24) is 0 Å². The van der Waals surface area contributed by atoms with Gasteiger partial charge in [0.15, 0.2) is 8.32 Å². The van der Waals surface area contributed by atoms with Gasteiger partial charge in [-0.3, -0.25) is 0 Å². The number of hydrogen-bond acceptors (Lipinski definition) is 1. The molecule has 0 aromatic heterocycles. The molecular weight excluding hydrogens is 601 g/mol. The van der Waals surface area contributed by atoms with Crippen molar-refractivity contribution in [3.63, 3.8) is 0 Å². The van der Waals surface area contributed by atoms with Gasteiger partial charge in [-0.1, -0.05) is 0 Å². The maximum Gasteiger partial charge on any atom is 0.460 e. The van der Waals surface area contributed by atoms with E-state index >= 15 is 0 Å². The summed E-state index contributed by atoms with van der Waals surface area (Å²) in [6, 6.07) is -1.40. The SMILES string of the molecule is C[Si](C)(CCC(F)(F)C(F)(F)C(F)(F)C(F)(F)C(F)(F)C(F)(F)C(F)(F)C(F)(F)C(F)(F)F)OCC[O]. The van der Waals surface area contributed by atoms with Crippen LogP contribution in [0.4, 0.5) is 83.4 Å². The maximum atomic E-state index is 13.8. The molecule has 2 nitrogen and oxygen atoms in total. The van der Waals surface area contributed by atoms with Crippen LogP contribution in [0.2, 0.25) is 19.1 Å². The van der Waals surface area contributed by atoms with Gasteiger partial charge >= 0.3 is 53.6 Å². The van der Waals surface area contributed by atoms with Crippen molar-refractivity contribution in [1.29, 1.82) is 0 Å². The van der Waals surface area contributed by atoms with E-state index in [9.17, 15) is 88.5 Å². The molecule has 0 aliphatic heterocycles.